The third-order valence-electron chi connectivity index (χ3n) is 3.09. The summed E-state index contributed by atoms with van der Waals surface area (Å²) >= 11 is 1.94. The summed E-state index contributed by atoms with van der Waals surface area (Å²) in [5.74, 6) is 2.07. The minimum Gasteiger partial charge on any atom is -0.312 e. The highest BCUT2D eigenvalue weighted by Gasteiger charge is 2.25. The molecule has 1 saturated heterocycles. The van der Waals surface area contributed by atoms with E-state index in [4.69, 9.17) is 0 Å². The zero-order valence-corrected chi connectivity index (χ0v) is 10.7. The summed E-state index contributed by atoms with van der Waals surface area (Å²) in [6, 6.07) is 1.47. The van der Waals surface area contributed by atoms with Gasteiger partial charge in [0.05, 0.1) is 0 Å². The summed E-state index contributed by atoms with van der Waals surface area (Å²) < 4.78 is 0. The molecule has 1 fully saturated rings. The van der Waals surface area contributed by atoms with Crippen LogP contribution in [0.2, 0.25) is 0 Å². The summed E-state index contributed by atoms with van der Waals surface area (Å²) in [6.45, 7) is 7.03. The van der Waals surface area contributed by atoms with Crippen LogP contribution in [0.1, 0.15) is 20.3 Å². The third kappa shape index (κ3) is 3.79. The molecule has 1 aliphatic rings. The second-order valence-corrected chi connectivity index (χ2v) is 5.60. The van der Waals surface area contributed by atoms with E-state index in [0.29, 0.717) is 0 Å². The Morgan fingerprint density at radius 1 is 1.57 bits per heavy atom. The van der Waals surface area contributed by atoms with Crippen LogP contribution in [0.3, 0.4) is 0 Å². The molecule has 0 saturated carbocycles. The second kappa shape index (κ2) is 5.99. The summed E-state index contributed by atoms with van der Waals surface area (Å²) in [5, 5.41) is 3.67. The maximum absolute atomic E-state index is 3.67. The Morgan fingerprint density at radius 2 is 2.29 bits per heavy atom. The molecule has 0 aromatic carbocycles. The summed E-state index contributed by atoms with van der Waals surface area (Å²) in [6.07, 6.45) is 3.49. The van der Waals surface area contributed by atoms with Crippen molar-refractivity contribution in [3.8, 4) is 0 Å². The smallest absolute Gasteiger partial charge is 0.0209 e. The van der Waals surface area contributed by atoms with Crippen LogP contribution in [0.25, 0.3) is 0 Å². The number of nitrogens with one attached hydrogen (secondary N) is 1. The maximum atomic E-state index is 3.67. The first-order valence-electron chi connectivity index (χ1n) is 5.56. The van der Waals surface area contributed by atoms with Crippen LogP contribution in [-0.2, 0) is 0 Å². The average molecular weight is 216 g/mol. The number of thioether (sulfide) groups is 1. The molecule has 3 unspecified atom stereocenters. The lowest BCUT2D eigenvalue weighted by Gasteiger charge is -2.16. The van der Waals surface area contributed by atoms with Gasteiger partial charge in [-0.2, -0.15) is 11.8 Å². The number of likely N-dealkylation sites (N-methyl/N-ethyl adjacent to an activating group) is 1. The standard InChI is InChI=1S/C11H24N2S/c1-9(8-14-4)6-12-11-5-10(2)13(3)7-11/h9-12H,5-8H2,1-4H3. The molecule has 2 nitrogen and oxygen atoms in total. The Balaban J connectivity index is 2.13. The average Bonchev–Trinajstić information content (AvgIpc) is 2.44. The highest BCUT2D eigenvalue weighted by Crippen LogP contribution is 2.15. The van der Waals surface area contributed by atoms with E-state index in [1.165, 1.54) is 25.3 Å². The number of hydrogen-bond acceptors (Lipinski definition) is 3. The molecule has 3 heteroatoms. The van der Waals surface area contributed by atoms with Crippen molar-refractivity contribution in [2.75, 3.05) is 32.1 Å². The van der Waals surface area contributed by atoms with Crippen molar-refractivity contribution >= 4 is 11.8 Å². The van der Waals surface area contributed by atoms with Crippen LogP contribution in [0, 0.1) is 5.92 Å². The highest BCUT2D eigenvalue weighted by atomic mass is 32.2. The molecular weight excluding hydrogens is 192 g/mol. The molecule has 0 amide bonds. The molecule has 0 bridgehead atoms. The van der Waals surface area contributed by atoms with E-state index in [1.54, 1.807) is 0 Å². The van der Waals surface area contributed by atoms with Gasteiger partial charge in [0.15, 0.2) is 0 Å². The number of likely N-dealkylation sites (tertiary alicyclic amines) is 1. The quantitative estimate of drug-likeness (QED) is 0.752. The van der Waals surface area contributed by atoms with Crippen molar-refractivity contribution in [1.82, 2.24) is 10.2 Å². The first-order chi connectivity index (χ1) is 6.63. The normalized spacial score (nSPS) is 30.9. The molecule has 1 N–H and O–H groups in total. The Hall–Kier alpha value is 0.270. The van der Waals surface area contributed by atoms with E-state index in [-0.39, 0.29) is 0 Å². The van der Waals surface area contributed by atoms with E-state index in [0.717, 1.165) is 18.0 Å². The predicted octanol–water partition coefficient (Wildman–Crippen LogP) is 1.67. The van der Waals surface area contributed by atoms with E-state index < -0.39 is 0 Å². The molecule has 0 aromatic heterocycles. The van der Waals surface area contributed by atoms with Crippen molar-refractivity contribution < 1.29 is 0 Å². The lowest BCUT2D eigenvalue weighted by atomic mass is 10.1. The van der Waals surface area contributed by atoms with Crippen LogP contribution in [0.15, 0.2) is 0 Å². The Labute approximate surface area is 92.8 Å². The first kappa shape index (κ1) is 12.3. The van der Waals surface area contributed by atoms with Gasteiger partial charge in [0.2, 0.25) is 0 Å². The molecule has 0 radical (unpaired) electrons. The molecule has 1 heterocycles. The molecule has 0 spiro atoms. The molecule has 14 heavy (non-hydrogen) atoms. The van der Waals surface area contributed by atoms with E-state index in [2.05, 4.69) is 37.4 Å². The number of nitrogens with zero attached hydrogens (tertiary/aromatic N) is 1. The van der Waals surface area contributed by atoms with Crippen LogP contribution in [-0.4, -0.2) is 49.1 Å². The molecule has 84 valence electrons. The van der Waals surface area contributed by atoms with E-state index in [9.17, 15) is 0 Å². The lowest BCUT2D eigenvalue weighted by Crippen LogP contribution is -2.35. The molecule has 1 aliphatic heterocycles. The zero-order valence-electron chi connectivity index (χ0n) is 9.92. The van der Waals surface area contributed by atoms with Gasteiger partial charge in [-0.1, -0.05) is 6.92 Å². The molecule has 0 aliphatic carbocycles. The van der Waals surface area contributed by atoms with E-state index >= 15 is 0 Å². The number of rotatable bonds is 5. The van der Waals surface area contributed by atoms with Crippen LogP contribution < -0.4 is 5.32 Å². The minimum absolute atomic E-state index is 0.722. The van der Waals surface area contributed by atoms with Gasteiger partial charge < -0.3 is 10.2 Å². The van der Waals surface area contributed by atoms with Gasteiger partial charge in [0.25, 0.3) is 0 Å². The first-order valence-corrected chi connectivity index (χ1v) is 6.95. The van der Waals surface area contributed by atoms with Crippen molar-refractivity contribution in [3.63, 3.8) is 0 Å². The Bertz CT molecular complexity index is 153. The zero-order chi connectivity index (χ0) is 10.6. The van der Waals surface area contributed by atoms with Crippen LogP contribution in [0.4, 0.5) is 0 Å². The fourth-order valence-corrected chi connectivity index (χ4v) is 2.74. The Kier molecular flexibility index (Phi) is 5.28. The van der Waals surface area contributed by atoms with E-state index in [1.807, 2.05) is 11.8 Å². The SMILES string of the molecule is CSCC(C)CNC1CC(C)N(C)C1. The summed E-state index contributed by atoms with van der Waals surface area (Å²) in [4.78, 5) is 2.44. The molecule has 3 atom stereocenters. The van der Waals surface area contributed by atoms with Crippen molar-refractivity contribution in [3.05, 3.63) is 0 Å². The predicted molar refractivity (Wildman–Crippen MR) is 66.0 cm³/mol. The number of hydrogen-bond donors (Lipinski definition) is 1. The molecule has 1 rings (SSSR count). The third-order valence-corrected chi connectivity index (χ3v) is 3.99. The van der Waals surface area contributed by atoms with Crippen molar-refractivity contribution in [2.24, 2.45) is 5.92 Å². The van der Waals surface area contributed by atoms with Crippen molar-refractivity contribution in [1.29, 1.82) is 0 Å². The Morgan fingerprint density at radius 3 is 2.79 bits per heavy atom. The molecule has 0 aromatic rings. The van der Waals surface area contributed by atoms with Gasteiger partial charge in [0.1, 0.15) is 0 Å². The topological polar surface area (TPSA) is 15.3 Å². The largest absolute Gasteiger partial charge is 0.312 e. The van der Waals surface area contributed by atoms with Gasteiger partial charge in [-0.05, 0) is 44.9 Å². The van der Waals surface area contributed by atoms with Gasteiger partial charge in [0, 0.05) is 18.6 Å². The minimum atomic E-state index is 0.722. The fourth-order valence-electron chi connectivity index (χ4n) is 2.05. The maximum Gasteiger partial charge on any atom is 0.0209 e. The van der Waals surface area contributed by atoms with Gasteiger partial charge in [-0.25, -0.2) is 0 Å². The molecular formula is C11H24N2S. The van der Waals surface area contributed by atoms with Crippen LogP contribution in [0.5, 0.6) is 0 Å². The van der Waals surface area contributed by atoms with Crippen LogP contribution >= 0.6 is 11.8 Å². The van der Waals surface area contributed by atoms with Gasteiger partial charge in [-0.15, -0.1) is 0 Å². The van der Waals surface area contributed by atoms with Crippen molar-refractivity contribution in [2.45, 2.75) is 32.4 Å². The highest BCUT2D eigenvalue weighted by molar-refractivity contribution is 7.98. The lowest BCUT2D eigenvalue weighted by molar-refractivity contribution is 0.326. The summed E-state index contributed by atoms with van der Waals surface area (Å²) in [5.41, 5.74) is 0. The fraction of sp³-hybridized carbons (Fsp3) is 1.00. The monoisotopic (exact) mass is 216 g/mol. The van der Waals surface area contributed by atoms with Gasteiger partial charge >= 0.3 is 0 Å². The summed E-state index contributed by atoms with van der Waals surface area (Å²) in [7, 11) is 2.22. The van der Waals surface area contributed by atoms with Gasteiger partial charge in [-0.3, -0.25) is 0 Å². The second-order valence-electron chi connectivity index (χ2n) is 4.69.